The molecule has 0 atom stereocenters. The number of aromatic nitrogens is 2. The molecule has 0 saturated carbocycles. The first kappa shape index (κ1) is 10.2. The van der Waals surface area contributed by atoms with Gasteiger partial charge in [0, 0.05) is 17.6 Å². The fourth-order valence-electron chi connectivity index (χ4n) is 2.23. The molecule has 2 heterocycles. The molecule has 15 heavy (non-hydrogen) atoms. The molecule has 0 spiro atoms. The second-order valence-corrected chi connectivity index (χ2v) is 4.78. The van der Waals surface area contributed by atoms with E-state index in [1.807, 2.05) is 6.92 Å². The molecule has 0 bridgehead atoms. The van der Waals surface area contributed by atoms with Crippen LogP contribution in [0.25, 0.3) is 0 Å². The Morgan fingerprint density at radius 1 is 1.40 bits per heavy atom. The summed E-state index contributed by atoms with van der Waals surface area (Å²) in [7, 11) is 0. The number of hydrogen-bond acceptors (Lipinski definition) is 4. The molecular weight excluding hydrogens is 188 g/mol. The van der Waals surface area contributed by atoms with Crippen LogP contribution in [-0.4, -0.2) is 22.1 Å². The Labute approximate surface area is 90.5 Å². The van der Waals surface area contributed by atoms with Crippen LogP contribution in [0.5, 0.6) is 0 Å². The predicted molar refractivity (Wildman–Crippen MR) is 61.8 cm³/mol. The van der Waals surface area contributed by atoms with E-state index >= 15 is 0 Å². The largest absolute Gasteiger partial charge is 0.383 e. The highest BCUT2D eigenvalue weighted by molar-refractivity contribution is 5.57. The molecule has 1 aliphatic heterocycles. The van der Waals surface area contributed by atoms with Crippen LogP contribution in [0.3, 0.4) is 0 Å². The van der Waals surface area contributed by atoms with Crippen LogP contribution in [0.15, 0.2) is 6.33 Å². The highest BCUT2D eigenvalue weighted by atomic mass is 15.3. The minimum atomic E-state index is 0.186. The van der Waals surface area contributed by atoms with Crippen molar-refractivity contribution in [2.75, 3.05) is 17.2 Å². The molecule has 0 aromatic carbocycles. The summed E-state index contributed by atoms with van der Waals surface area (Å²) in [6.07, 6.45) is 3.97. The van der Waals surface area contributed by atoms with E-state index in [4.69, 9.17) is 5.73 Å². The normalized spacial score (nSPS) is 19.5. The average Bonchev–Trinajstić information content (AvgIpc) is 2.50. The van der Waals surface area contributed by atoms with Gasteiger partial charge in [-0.2, -0.15) is 0 Å². The van der Waals surface area contributed by atoms with Gasteiger partial charge in [-0.05, 0) is 33.6 Å². The van der Waals surface area contributed by atoms with Crippen molar-refractivity contribution < 1.29 is 0 Å². The van der Waals surface area contributed by atoms with E-state index in [1.54, 1.807) is 6.33 Å². The average molecular weight is 206 g/mol. The summed E-state index contributed by atoms with van der Waals surface area (Å²) in [5.41, 5.74) is 6.98. The van der Waals surface area contributed by atoms with Crippen LogP contribution >= 0.6 is 0 Å². The lowest BCUT2D eigenvalue weighted by Crippen LogP contribution is -2.39. The minimum absolute atomic E-state index is 0.186. The summed E-state index contributed by atoms with van der Waals surface area (Å²) in [5, 5.41) is 0. The number of hydrogen-bond donors (Lipinski definition) is 1. The summed E-state index contributed by atoms with van der Waals surface area (Å²) in [4.78, 5) is 10.7. The zero-order valence-corrected chi connectivity index (χ0v) is 9.62. The van der Waals surface area contributed by atoms with Gasteiger partial charge in [0.2, 0.25) is 0 Å². The van der Waals surface area contributed by atoms with Crippen molar-refractivity contribution >= 4 is 11.6 Å². The van der Waals surface area contributed by atoms with Gasteiger partial charge in [0.05, 0.1) is 0 Å². The third kappa shape index (κ3) is 1.64. The molecule has 0 unspecified atom stereocenters. The second kappa shape index (κ2) is 3.36. The first-order chi connectivity index (χ1) is 7.02. The first-order valence-corrected chi connectivity index (χ1v) is 5.37. The fourth-order valence-corrected chi connectivity index (χ4v) is 2.23. The zero-order valence-electron chi connectivity index (χ0n) is 9.62. The number of nitrogen functional groups attached to an aromatic ring is 1. The van der Waals surface area contributed by atoms with Gasteiger partial charge in [0.15, 0.2) is 0 Å². The molecule has 1 aromatic heterocycles. The second-order valence-electron chi connectivity index (χ2n) is 4.78. The van der Waals surface area contributed by atoms with Crippen molar-refractivity contribution in [3.8, 4) is 0 Å². The van der Waals surface area contributed by atoms with Crippen molar-refractivity contribution in [3.05, 3.63) is 11.9 Å². The van der Waals surface area contributed by atoms with Crippen molar-refractivity contribution in [1.29, 1.82) is 0 Å². The van der Waals surface area contributed by atoms with Crippen molar-refractivity contribution in [1.82, 2.24) is 9.97 Å². The molecule has 0 amide bonds. The molecule has 1 aliphatic rings. The Morgan fingerprint density at radius 3 is 2.73 bits per heavy atom. The molecule has 0 aliphatic carbocycles. The van der Waals surface area contributed by atoms with E-state index in [9.17, 15) is 0 Å². The Hall–Kier alpha value is -1.32. The topological polar surface area (TPSA) is 55.0 Å². The highest BCUT2D eigenvalue weighted by Crippen LogP contribution is 2.34. The van der Waals surface area contributed by atoms with E-state index in [0.29, 0.717) is 5.82 Å². The lowest BCUT2D eigenvalue weighted by molar-refractivity contribution is 0.513. The monoisotopic (exact) mass is 206 g/mol. The number of anilines is 2. The molecule has 0 radical (unpaired) electrons. The summed E-state index contributed by atoms with van der Waals surface area (Å²) >= 11 is 0. The lowest BCUT2D eigenvalue weighted by atomic mass is 10.0. The Morgan fingerprint density at radius 2 is 2.13 bits per heavy atom. The SMILES string of the molecule is Cc1c(N)ncnc1N1CCCC1(C)C. The summed E-state index contributed by atoms with van der Waals surface area (Å²) in [6.45, 7) is 7.54. The van der Waals surface area contributed by atoms with Gasteiger partial charge in [-0.15, -0.1) is 0 Å². The molecule has 1 aromatic rings. The summed E-state index contributed by atoms with van der Waals surface area (Å²) in [5.74, 6) is 1.58. The number of nitrogens with zero attached hydrogens (tertiary/aromatic N) is 3. The molecule has 82 valence electrons. The van der Waals surface area contributed by atoms with Gasteiger partial charge < -0.3 is 10.6 Å². The molecule has 4 nitrogen and oxygen atoms in total. The molecule has 1 fully saturated rings. The van der Waals surface area contributed by atoms with E-state index in [-0.39, 0.29) is 5.54 Å². The highest BCUT2D eigenvalue weighted by Gasteiger charge is 2.33. The van der Waals surface area contributed by atoms with Crippen molar-refractivity contribution in [2.24, 2.45) is 0 Å². The number of rotatable bonds is 1. The smallest absolute Gasteiger partial charge is 0.137 e. The summed E-state index contributed by atoms with van der Waals surface area (Å²) in [6, 6.07) is 0. The van der Waals surface area contributed by atoms with Crippen molar-refractivity contribution in [3.63, 3.8) is 0 Å². The molecular formula is C11H18N4. The fraction of sp³-hybridized carbons (Fsp3) is 0.636. The Bertz CT molecular complexity index is 373. The van der Waals surface area contributed by atoms with Crippen LogP contribution in [0.4, 0.5) is 11.6 Å². The maximum absolute atomic E-state index is 5.80. The molecule has 4 heteroatoms. The third-order valence-electron chi connectivity index (χ3n) is 3.25. The first-order valence-electron chi connectivity index (χ1n) is 5.37. The molecule has 2 N–H and O–H groups in total. The quantitative estimate of drug-likeness (QED) is 0.760. The van der Waals surface area contributed by atoms with Gasteiger partial charge in [-0.3, -0.25) is 0 Å². The van der Waals surface area contributed by atoms with E-state index in [1.165, 1.54) is 12.8 Å². The van der Waals surface area contributed by atoms with E-state index in [0.717, 1.165) is 17.9 Å². The minimum Gasteiger partial charge on any atom is -0.383 e. The van der Waals surface area contributed by atoms with Gasteiger partial charge >= 0.3 is 0 Å². The standard InChI is InChI=1S/C11H18N4/c1-8-9(12)13-7-14-10(8)15-6-4-5-11(15,2)3/h7H,4-6H2,1-3H3,(H2,12,13,14). The third-order valence-corrected chi connectivity index (χ3v) is 3.25. The lowest BCUT2D eigenvalue weighted by Gasteiger charge is -2.33. The van der Waals surface area contributed by atoms with Gasteiger partial charge in [-0.1, -0.05) is 0 Å². The molecule has 1 saturated heterocycles. The number of nitrogens with two attached hydrogens (primary N) is 1. The zero-order chi connectivity index (χ0) is 11.1. The predicted octanol–water partition coefficient (Wildman–Crippen LogP) is 1.75. The van der Waals surface area contributed by atoms with Crippen LogP contribution in [0, 0.1) is 6.92 Å². The van der Waals surface area contributed by atoms with Gasteiger partial charge in [-0.25, -0.2) is 9.97 Å². The van der Waals surface area contributed by atoms with E-state index in [2.05, 4.69) is 28.7 Å². The van der Waals surface area contributed by atoms with Gasteiger partial charge in [0.25, 0.3) is 0 Å². The van der Waals surface area contributed by atoms with Crippen LogP contribution in [-0.2, 0) is 0 Å². The Balaban J connectivity index is 2.41. The van der Waals surface area contributed by atoms with E-state index < -0.39 is 0 Å². The van der Waals surface area contributed by atoms with Gasteiger partial charge in [0.1, 0.15) is 18.0 Å². The van der Waals surface area contributed by atoms with Crippen molar-refractivity contribution in [2.45, 2.75) is 39.2 Å². The van der Waals surface area contributed by atoms with Crippen LogP contribution < -0.4 is 10.6 Å². The van der Waals surface area contributed by atoms with Crippen LogP contribution in [0.2, 0.25) is 0 Å². The summed E-state index contributed by atoms with van der Waals surface area (Å²) < 4.78 is 0. The van der Waals surface area contributed by atoms with Crippen LogP contribution in [0.1, 0.15) is 32.3 Å². The maximum atomic E-state index is 5.80. The maximum Gasteiger partial charge on any atom is 0.137 e. The molecule has 2 rings (SSSR count). The Kier molecular flexibility index (Phi) is 2.29.